The highest BCUT2D eigenvalue weighted by Gasteiger charge is 2.18. The summed E-state index contributed by atoms with van der Waals surface area (Å²) in [4.78, 5) is 13.0. The number of halogens is 2. The molecule has 1 aromatic heterocycles. The van der Waals surface area contributed by atoms with Crippen LogP contribution in [0.3, 0.4) is 0 Å². The highest BCUT2D eigenvalue weighted by atomic mass is 79.9. The van der Waals surface area contributed by atoms with E-state index < -0.39 is 6.04 Å². The van der Waals surface area contributed by atoms with Crippen LogP contribution in [-0.4, -0.2) is 18.5 Å². The van der Waals surface area contributed by atoms with E-state index >= 15 is 0 Å². The van der Waals surface area contributed by atoms with Crippen LogP contribution in [0.2, 0.25) is 0 Å². The van der Waals surface area contributed by atoms with Gasteiger partial charge in [0, 0.05) is 11.4 Å². The number of hydrogen-bond acceptors (Lipinski definition) is 3. The molecular formula is C12H20BrClN2OS. The van der Waals surface area contributed by atoms with Crippen LogP contribution in [0.15, 0.2) is 15.9 Å². The average Bonchev–Trinajstić information content (AvgIpc) is 2.72. The van der Waals surface area contributed by atoms with Gasteiger partial charge in [-0.1, -0.05) is 20.3 Å². The van der Waals surface area contributed by atoms with Crippen LogP contribution in [0.5, 0.6) is 0 Å². The summed E-state index contributed by atoms with van der Waals surface area (Å²) in [6.45, 7) is 4.69. The maximum atomic E-state index is 11.7. The molecule has 1 amide bonds. The molecule has 0 aliphatic carbocycles. The van der Waals surface area contributed by atoms with E-state index in [-0.39, 0.29) is 24.2 Å². The standard InChI is InChI=1S/C12H19BrN2OS.ClH/c1-3-8(2)11(14)12(16)15-7-6-9-4-5-10(13)17-9;/h4-5,8,11H,3,6-7,14H2,1-2H3,(H,15,16);1H. The van der Waals surface area contributed by atoms with E-state index in [1.54, 1.807) is 11.3 Å². The van der Waals surface area contributed by atoms with Gasteiger partial charge < -0.3 is 11.1 Å². The third kappa shape index (κ3) is 5.69. The summed E-state index contributed by atoms with van der Waals surface area (Å²) in [6.07, 6.45) is 1.78. The second kappa shape index (κ2) is 8.91. The molecule has 0 aliphatic heterocycles. The molecule has 2 unspecified atom stereocenters. The minimum absolute atomic E-state index is 0. The number of hydrogen-bond donors (Lipinski definition) is 2. The first kappa shape index (κ1) is 17.9. The average molecular weight is 356 g/mol. The van der Waals surface area contributed by atoms with E-state index in [0.29, 0.717) is 6.54 Å². The van der Waals surface area contributed by atoms with Crippen molar-refractivity contribution < 1.29 is 4.79 Å². The fraction of sp³-hybridized carbons (Fsp3) is 0.583. The zero-order valence-corrected chi connectivity index (χ0v) is 13.8. The molecule has 6 heteroatoms. The lowest BCUT2D eigenvalue weighted by atomic mass is 9.99. The molecule has 0 saturated heterocycles. The van der Waals surface area contributed by atoms with Gasteiger partial charge in [-0.2, -0.15) is 0 Å². The van der Waals surface area contributed by atoms with Crippen molar-refractivity contribution in [3.8, 4) is 0 Å². The van der Waals surface area contributed by atoms with E-state index in [4.69, 9.17) is 5.73 Å². The Hall–Kier alpha value is -0.100. The van der Waals surface area contributed by atoms with Gasteiger partial charge in [-0.25, -0.2) is 0 Å². The number of nitrogens with one attached hydrogen (secondary N) is 1. The topological polar surface area (TPSA) is 55.1 Å². The van der Waals surface area contributed by atoms with E-state index in [9.17, 15) is 4.79 Å². The van der Waals surface area contributed by atoms with Gasteiger partial charge in [0.25, 0.3) is 0 Å². The highest BCUT2D eigenvalue weighted by Crippen LogP contribution is 2.22. The lowest BCUT2D eigenvalue weighted by molar-refractivity contribution is -0.123. The minimum Gasteiger partial charge on any atom is -0.354 e. The Morgan fingerprint density at radius 3 is 2.72 bits per heavy atom. The Morgan fingerprint density at radius 1 is 1.56 bits per heavy atom. The van der Waals surface area contributed by atoms with Crippen LogP contribution < -0.4 is 11.1 Å². The molecule has 0 aliphatic rings. The second-order valence-electron chi connectivity index (χ2n) is 4.16. The molecule has 1 aromatic rings. The van der Waals surface area contributed by atoms with Crippen molar-refractivity contribution in [3.63, 3.8) is 0 Å². The normalized spacial score (nSPS) is 13.6. The molecule has 1 rings (SSSR count). The van der Waals surface area contributed by atoms with Gasteiger partial charge in [0.05, 0.1) is 9.83 Å². The molecule has 2 atom stereocenters. The molecule has 104 valence electrons. The Balaban J connectivity index is 0.00000289. The van der Waals surface area contributed by atoms with Crippen molar-refractivity contribution in [1.82, 2.24) is 5.32 Å². The molecule has 0 spiro atoms. The molecule has 0 saturated carbocycles. The zero-order valence-electron chi connectivity index (χ0n) is 10.6. The van der Waals surface area contributed by atoms with Gasteiger partial charge in [-0.15, -0.1) is 23.7 Å². The largest absolute Gasteiger partial charge is 0.354 e. The SMILES string of the molecule is CCC(C)C(N)C(=O)NCCc1ccc(Br)s1.Cl. The molecule has 18 heavy (non-hydrogen) atoms. The van der Waals surface area contributed by atoms with Gasteiger partial charge in [0.15, 0.2) is 0 Å². The molecule has 0 aromatic carbocycles. The molecular weight excluding hydrogens is 336 g/mol. The van der Waals surface area contributed by atoms with E-state index in [1.165, 1.54) is 4.88 Å². The summed E-state index contributed by atoms with van der Waals surface area (Å²) in [7, 11) is 0. The monoisotopic (exact) mass is 354 g/mol. The Labute approximate surface area is 127 Å². The summed E-state index contributed by atoms with van der Waals surface area (Å²) < 4.78 is 1.12. The van der Waals surface area contributed by atoms with Gasteiger partial charge in [-0.3, -0.25) is 4.79 Å². The summed E-state index contributed by atoms with van der Waals surface area (Å²) in [5, 5.41) is 2.88. The summed E-state index contributed by atoms with van der Waals surface area (Å²) >= 11 is 5.11. The predicted molar refractivity (Wildman–Crippen MR) is 83.4 cm³/mol. The molecule has 0 bridgehead atoms. The fourth-order valence-corrected chi connectivity index (χ4v) is 2.91. The van der Waals surface area contributed by atoms with Gasteiger partial charge in [0.2, 0.25) is 5.91 Å². The van der Waals surface area contributed by atoms with Crippen LogP contribution in [0.1, 0.15) is 25.1 Å². The number of carbonyl (C=O) groups is 1. The number of rotatable bonds is 6. The zero-order chi connectivity index (χ0) is 12.8. The second-order valence-corrected chi connectivity index (χ2v) is 6.71. The van der Waals surface area contributed by atoms with Crippen LogP contribution in [0.25, 0.3) is 0 Å². The van der Waals surface area contributed by atoms with Crippen molar-refractivity contribution in [3.05, 3.63) is 20.8 Å². The minimum atomic E-state index is -0.393. The first-order valence-electron chi connectivity index (χ1n) is 5.82. The summed E-state index contributed by atoms with van der Waals surface area (Å²) in [5.41, 5.74) is 5.84. The lowest BCUT2D eigenvalue weighted by Gasteiger charge is -2.17. The Bertz CT molecular complexity index is 373. The molecule has 0 radical (unpaired) electrons. The maximum absolute atomic E-state index is 11.7. The first-order valence-corrected chi connectivity index (χ1v) is 7.43. The fourth-order valence-electron chi connectivity index (χ4n) is 1.43. The van der Waals surface area contributed by atoms with E-state index in [1.807, 2.05) is 19.9 Å². The smallest absolute Gasteiger partial charge is 0.237 e. The van der Waals surface area contributed by atoms with Crippen LogP contribution in [0, 0.1) is 5.92 Å². The quantitative estimate of drug-likeness (QED) is 0.824. The molecule has 3 N–H and O–H groups in total. The number of carbonyl (C=O) groups excluding carboxylic acids is 1. The van der Waals surface area contributed by atoms with Crippen molar-refractivity contribution in [2.45, 2.75) is 32.7 Å². The molecule has 3 nitrogen and oxygen atoms in total. The number of amides is 1. The van der Waals surface area contributed by atoms with Crippen LogP contribution >= 0.6 is 39.7 Å². The van der Waals surface area contributed by atoms with Crippen LogP contribution in [-0.2, 0) is 11.2 Å². The number of nitrogens with two attached hydrogens (primary N) is 1. The van der Waals surface area contributed by atoms with E-state index in [2.05, 4.69) is 27.3 Å². The highest BCUT2D eigenvalue weighted by molar-refractivity contribution is 9.11. The Kier molecular flexibility index (Phi) is 8.86. The van der Waals surface area contributed by atoms with Crippen LogP contribution in [0.4, 0.5) is 0 Å². The van der Waals surface area contributed by atoms with Gasteiger partial charge in [-0.05, 0) is 40.4 Å². The lowest BCUT2D eigenvalue weighted by Crippen LogP contribution is -2.45. The number of thiophene rings is 1. The van der Waals surface area contributed by atoms with Crippen molar-refractivity contribution in [2.75, 3.05) is 6.54 Å². The molecule has 0 fully saturated rings. The summed E-state index contributed by atoms with van der Waals surface area (Å²) in [5.74, 6) is 0.181. The van der Waals surface area contributed by atoms with Crippen molar-refractivity contribution >= 4 is 45.6 Å². The Morgan fingerprint density at radius 2 is 2.22 bits per heavy atom. The summed E-state index contributed by atoms with van der Waals surface area (Å²) in [6, 6.07) is 3.69. The maximum Gasteiger partial charge on any atom is 0.237 e. The van der Waals surface area contributed by atoms with Gasteiger partial charge in [0.1, 0.15) is 0 Å². The van der Waals surface area contributed by atoms with E-state index in [0.717, 1.165) is 16.6 Å². The van der Waals surface area contributed by atoms with Gasteiger partial charge >= 0.3 is 0 Å². The van der Waals surface area contributed by atoms with Crippen molar-refractivity contribution in [1.29, 1.82) is 0 Å². The first-order chi connectivity index (χ1) is 8.04. The predicted octanol–water partition coefficient (Wildman–Crippen LogP) is 2.96. The third-order valence-electron chi connectivity index (χ3n) is 2.86. The third-order valence-corrected chi connectivity index (χ3v) is 4.54. The molecule has 1 heterocycles. The van der Waals surface area contributed by atoms with Crippen molar-refractivity contribution in [2.24, 2.45) is 11.7 Å².